The van der Waals surface area contributed by atoms with Gasteiger partial charge < -0.3 is 10.4 Å². The zero-order valence-electron chi connectivity index (χ0n) is 14.2. The van der Waals surface area contributed by atoms with E-state index >= 15 is 0 Å². The molecule has 3 heterocycles. The van der Waals surface area contributed by atoms with E-state index in [9.17, 15) is 18.3 Å². The highest BCUT2D eigenvalue weighted by atomic mass is 32.2. The van der Waals surface area contributed by atoms with E-state index in [-0.39, 0.29) is 17.5 Å². The Hall–Kier alpha value is -1.45. The van der Waals surface area contributed by atoms with E-state index < -0.39 is 21.4 Å². The van der Waals surface area contributed by atoms with Crippen LogP contribution in [0.2, 0.25) is 0 Å². The number of aromatic nitrogens is 2. The molecule has 0 amide bonds. The fourth-order valence-electron chi connectivity index (χ4n) is 4.07. The summed E-state index contributed by atoms with van der Waals surface area (Å²) in [4.78, 5) is 12.2. The van der Waals surface area contributed by atoms with E-state index in [1.54, 1.807) is 25.6 Å². The first kappa shape index (κ1) is 17.4. The molecule has 0 aromatic carbocycles. The summed E-state index contributed by atoms with van der Waals surface area (Å²) in [6.45, 7) is 4.50. The van der Waals surface area contributed by atoms with Crippen LogP contribution in [0, 0.1) is 19.3 Å². The van der Waals surface area contributed by atoms with Crippen LogP contribution in [0.3, 0.4) is 0 Å². The van der Waals surface area contributed by atoms with Crippen LogP contribution in [0.5, 0.6) is 0 Å². The number of aliphatic carboxylic acids is 1. The quantitative estimate of drug-likeness (QED) is 0.805. The summed E-state index contributed by atoms with van der Waals surface area (Å²) in [6.07, 6.45) is 1.74. The standard InChI is InChI=1S/C15H24N4O4S/c1-10-13(11(2)18(3)17-10)24(22,23)19-8-5-12-15(9-19,14(20)21)6-4-7-16-12/h12,16H,4-9H2,1-3H3,(H,20,21)/t12-,15+/m1/s1. The largest absolute Gasteiger partial charge is 0.481 e. The van der Waals surface area contributed by atoms with Crippen LogP contribution in [0.25, 0.3) is 0 Å². The summed E-state index contributed by atoms with van der Waals surface area (Å²) < 4.78 is 29.2. The molecule has 0 spiro atoms. The molecule has 1 aromatic rings. The number of carboxylic acid groups (broad SMARTS) is 1. The van der Waals surface area contributed by atoms with E-state index in [2.05, 4.69) is 10.4 Å². The van der Waals surface area contributed by atoms with Crippen molar-refractivity contribution in [2.24, 2.45) is 12.5 Å². The van der Waals surface area contributed by atoms with Gasteiger partial charge in [-0.15, -0.1) is 0 Å². The zero-order chi connectivity index (χ0) is 17.7. The van der Waals surface area contributed by atoms with Crippen LogP contribution >= 0.6 is 0 Å². The van der Waals surface area contributed by atoms with Crippen molar-refractivity contribution in [1.29, 1.82) is 0 Å². The maximum atomic E-state index is 13.1. The molecule has 0 bridgehead atoms. The molecule has 2 aliphatic rings. The third kappa shape index (κ3) is 2.46. The first-order valence-corrected chi connectivity index (χ1v) is 9.61. The Morgan fingerprint density at radius 2 is 2.12 bits per heavy atom. The molecule has 24 heavy (non-hydrogen) atoms. The van der Waals surface area contributed by atoms with Gasteiger partial charge in [0.15, 0.2) is 0 Å². The lowest BCUT2D eigenvalue weighted by Crippen LogP contribution is -2.63. The monoisotopic (exact) mass is 356 g/mol. The minimum Gasteiger partial charge on any atom is -0.481 e. The van der Waals surface area contributed by atoms with Gasteiger partial charge in [0, 0.05) is 26.2 Å². The van der Waals surface area contributed by atoms with E-state index in [0.717, 1.165) is 13.0 Å². The van der Waals surface area contributed by atoms with Crippen molar-refractivity contribution in [1.82, 2.24) is 19.4 Å². The Morgan fingerprint density at radius 3 is 2.71 bits per heavy atom. The molecule has 8 nitrogen and oxygen atoms in total. The summed E-state index contributed by atoms with van der Waals surface area (Å²) in [6, 6.07) is -0.175. The minimum absolute atomic E-state index is 0.0100. The Bertz CT molecular complexity index is 773. The highest BCUT2D eigenvalue weighted by Gasteiger charge is 2.53. The Labute approximate surface area is 141 Å². The van der Waals surface area contributed by atoms with Gasteiger partial charge >= 0.3 is 5.97 Å². The van der Waals surface area contributed by atoms with Crippen molar-refractivity contribution >= 4 is 16.0 Å². The van der Waals surface area contributed by atoms with Crippen LogP contribution in [-0.2, 0) is 21.9 Å². The van der Waals surface area contributed by atoms with Gasteiger partial charge in [0.2, 0.25) is 10.0 Å². The van der Waals surface area contributed by atoms with Crippen molar-refractivity contribution in [3.63, 3.8) is 0 Å². The highest BCUT2D eigenvalue weighted by molar-refractivity contribution is 7.89. The lowest BCUT2D eigenvalue weighted by molar-refractivity contribution is -0.155. The van der Waals surface area contributed by atoms with Crippen LogP contribution in [0.1, 0.15) is 30.7 Å². The summed E-state index contributed by atoms with van der Waals surface area (Å²) in [7, 11) is -2.06. The van der Waals surface area contributed by atoms with Crippen molar-refractivity contribution < 1.29 is 18.3 Å². The van der Waals surface area contributed by atoms with E-state index in [4.69, 9.17) is 0 Å². The van der Waals surface area contributed by atoms with Crippen LogP contribution in [0.15, 0.2) is 4.90 Å². The number of fused-ring (bicyclic) bond motifs is 1. The number of nitrogens with one attached hydrogen (secondary N) is 1. The number of hydrogen-bond donors (Lipinski definition) is 2. The molecule has 2 N–H and O–H groups in total. The maximum Gasteiger partial charge on any atom is 0.312 e. The summed E-state index contributed by atoms with van der Waals surface area (Å²) in [5.74, 6) is -0.917. The second-order valence-electron chi connectivity index (χ2n) is 6.82. The Morgan fingerprint density at radius 1 is 1.42 bits per heavy atom. The van der Waals surface area contributed by atoms with Crippen molar-refractivity contribution in [2.75, 3.05) is 19.6 Å². The molecule has 9 heteroatoms. The second-order valence-corrected chi connectivity index (χ2v) is 8.70. The first-order chi connectivity index (χ1) is 11.2. The minimum atomic E-state index is -3.77. The number of carbonyl (C=O) groups is 1. The number of aryl methyl sites for hydroxylation is 2. The molecule has 1 aromatic heterocycles. The van der Waals surface area contributed by atoms with Crippen molar-refractivity contribution in [3.8, 4) is 0 Å². The second kappa shape index (κ2) is 5.82. The zero-order valence-corrected chi connectivity index (χ0v) is 15.1. The molecule has 2 saturated heterocycles. The van der Waals surface area contributed by atoms with Gasteiger partial charge in [-0.05, 0) is 39.7 Å². The van der Waals surface area contributed by atoms with Gasteiger partial charge in [-0.25, -0.2) is 8.42 Å². The van der Waals surface area contributed by atoms with Gasteiger partial charge in [-0.3, -0.25) is 9.48 Å². The van der Waals surface area contributed by atoms with Crippen molar-refractivity contribution in [2.45, 2.75) is 44.0 Å². The fraction of sp³-hybridized carbons (Fsp3) is 0.733. The number of rotatable bonds is 3. The summed E-state index contributed by atoms with van der Waals surface area (Å²) in [5, 5.41) is 17.3. The topological polar surface area (TPSA) is 105 Å². The van der Waals surface area contributed by atoms with Gasteiger partial charge in [0.25, 0.3) is 0 Å². The molecule has 3 rings (SSSR count). The SMILES string of the molecule is Cc1nn(C)c(C)c1S(=O)(=O)N1CC[C@H]2NCCC[C@]2(C(=O)O)C1. The molecular formula is C15H24N4O4S. The Balaban J connectivity index is 1.99. The molecule has 0 aliphatic carbocycles. The average molecular weight is 356 g/mol. The third-order valence-electron chi connectivity index (χ3n) is 5.45. The molecule has 0 saturated carbocycles. The third-order valence-corrected chi connectivity index (χ3v) is 7.55. The van der Waals surface area contributed by atoms with E-state index in [1.807, 2.05) is 0 Å². The van der Waals surface area contributed by atoms with Gasteiger partial charge in [-0.1, -0.05) is 0 Å². The average Bonchev–Trinajstić information content (AvgIpc) is 2.79. The molecule has 0 unspecified atom stereocenters. The number of carboxylic acids is 1. The lowest BCUT2D eigenvalue weighted by Gasteiger charge is -2.47. The predicted molar refractivity (Wildman–Crippen MR) is 87.2 cm³/mol. The molecule has 0 radical (unpaired) electrons. The van der Waals surface area contributed by atoms with Crippen molar-refractivity contribution in [3.05, 3.63) is 11.4 Å². The van der Waals surface area contributed by atoms with Gasteiger partial charge in [0.05, 0.1) is 16.8 Å². The van der Waals surface area contributed by atoms with Crippen LogP contribution < -0.4 is 5.32 Å². The number of hydrogen-bond acceptors (Lipinski definition) is 5. The number of nitrogens with zero attached hydrogens (tertiary/aromatic N) is 3. The lowest BCUT2D eigenvalue weighted by atomic mass is 9.71. The summed E-state index contributed by atoms with van der Waals surface area (Å²) >= 11 is 0. The normalized spacial score (nSPS) is 28.5. The smallest absolute Gasteiger partial charge is 0.312 e. The number of sulfonamides is 1. The molecule has 134 valence electrons. The van der Waals surface area contributed by atoms with Gasteiger partial charge in [0.1, 0.15) is 4.90 Å². The maximum absolute atomic E-state index is 13.1. The number of piperidine rings is 2. The van der Waals surface area contributed by atoms with Crippen LogP contribution in [0.4, 0.5) is 0 Å². The summed E-state index contributed by atoms with van der Waals surface area (Å²) in [5.41, 5.74) is -0.0304. The van der Waals surface area contributed by atoms with E-state index in [1.165, 1.54) is 4.31 Å². The molecule has 2 aliphatic heterocycles. The first-order valence-electron chi connectivity index (χ1n) is 8.17. The predicted octanol–water partition coefficient (Wildman–Crippen LogP) is 0.254. The highest BCUT2D eigenvalue weighted by Crippen LogP contribution is 2.40. The Kier molecular flexibility index (Phi) is 4.21. The van der Waals surface area contributed by atoms with E-state index in [0.29, 0.717) is 30.8 Å². The molecule has 2 atom stereocenters. The van der Waals surface area contributed by atoms with Crippen LogP contribution in [-0.4, -0.2) is 59.3 Å². The fourth-order valence-corrected chi connectivity index (χ4v) is 5.99. The molecule has 2 fully saturated rings. The van der Waals surface area contributed by atoms with Gasteiger partial charge in [-0.2, -0.15) is 9.40 Å². The molecular weight excluding hydrogens is 332 g/mol.